The molecule has 17 nitrogen and oxygen atoms in total. The molecule has 0 bridgehead atoms. The van der Waals surface area contributed by atoms with Crippen LogP contribution in [-0.4, -0.2) is 96.7 Å². The molecule has 0 aliphatic carbocycles. The van der Waals surface area contributed by atoms with Gasteiger partial charge in [-0.3, -0.25) is 37.3 Å². The summed E-state index contributed by atoms with van der Waals surface area (Å²) in [5.41, 5.74) is 0. The predicted molar refractivity (Wildman–Crippen MR) is 399 cm³/mol. The minimum atomic E-state index is -5.03. The van der Waals surface area contributed by atoms with Gasteiger partial charge in [0.15, 0.2) is 12.2 Å². The first-order chi connectivity index (χ1) is 47.7. The van der Waals surface area contributed by atoms with Crippen molar-refractivity contribution < 1.29 is 80.2 Å². The van der Waals surface area contributed by atoms with Gasteiger partial charge in [0, 0.05) is 12.8 Å². The van der Waals surface area contributed by atoms with Crippen molar-refractivity contribution in [1.82, 2.24) is 0 Å². The van der Waals surface area contributed by atoms with Gasteiger partial charge in [0.2, 0.25) is 0 Å². The molecule has 0 fully saturated rings. The van der Waals surface area contributed by atoms with E-state index >= 15 is 0 Å². The van der Waals surface area contributed by atoms with Gasteiger partial charge in [0.1, 0.15) is 19.3 Å². The van der Waals surface area contributed by atoms with Gasteiger partial charge in [-0.05, 0) is 135 Å². The molecular weight excluding hydrogens is 1280 g/mol. The quantitative estimate of drug-likeness (QED) is 0.0169. The third-order valence-electron chi connectivity index (χ3n) is 13.9. The van der Waals surface area contributed by atoms with E-state index in [2.05, 4.69) is 161 Å². The molecule has 0 aromatic rings. The zero-order valence-electron chi connectivity index (χ0n) is 59.9. The zero-order chi connectivity index (χ0) is 71.8. The van der Waals surface area contributed by atoms with Crippen molar-refractivity contribution in [3.05, 3.63) is 182 Å². The van der Waals surface area contributed by atoms with Gasteiger partial charge in [0.25, 0.3) is 0 Å². The molecule has 5 atom stereocenters. The maximum absolute atomic E-state index is 13.0. The summed E-state index contributed by atoms with van der Waals surface area (Å²) in [6, 6.07) is 0. The van der Waals surface area contributed by atoms with Crippen LogP contribution >= 0.6 is 15.6 Å². The van der Waals surface area contributed by atoms with E-state index in [4.69, 9.17) is 37.0 Å². The zero-order valence-corrected chi connectivity index (χ0v) is 61.7. The van der Waals surface area contributed by atoms with E-state index in [9.17, 15) is 43.2 Å². The number of aliphatic hydroxyl groups excluding tert-OH is 1. The number of carbonyl (C=O) groups excluding carboxylic acids is 4. The number of phosphoric acid groups is 2. The normalized spacial score (nSPS) is 15.1. The summed E-state index contributed by atoms with van der Waals surface area (Å²) in [4.78, 5) is 72.6. The lowest BCUT2D eigenvalue weighted by Gasteiger charge is -2.21. The Labute approximate surface area is 590 Å². The van der Waals surface area contributed by atoms with Crippen LogP contribution in [0.3, 0.4) is 0 Å². The van der Waals surface area contributed by atoms with Crippen molar-refractivity contribution in [2.45, 2.75) is 251 Å². The van der Waals surface area contributed by atoms with Crippen LogP contribution in [0, 0.1) is 0 Å². The van der Waals surface area contributed by atoms with Crippen LogP contribution in [0.5, 0.6) is 0 Å². The lowest BCUT2D eigenvalue weighted by molar-refractivity contribution is -0.161. The first-order valence-corrected chi connectivity index (χ1v) is 39.0. The van der Waals surface area contributed by atoms with Gasteiger partial charge in [-0.25, -0.2) is 9.13 Å². The van der Waals surface area contributed by atoms with Gasteiger partial charge in [-0.15, -0.1) is 0 Å². The molecule has 0 rings (SSSR count). The Balaban J connectivity index is 5.53. The van der Waals surface area contributed by atoms with E-state index in [1.54, 1.807) is 24.3 Å². The van der Waals surface area contributed by atoms with E-state index in [-0.39, 0.29) is 25.7 Å². The molecule has 0 heterocycles. The fourth-order valence-electron chi connectivity index (χ4n) is 8.54. The topological polar surface area (TPSA) is 237 Å². The third kappa shape index (κ3) is 68.7. The Morgan fingerprint density at radius 3 is 0.949 bits per heavy atom. The number of rotatable bonds is 65. The molecule has 5 unspecified atom stereocenters. The summed E-state index contributed by atoms with van der Waals surface area (Å²) < 4.78 is 68.0. The summed E-state index contributed by atoms with van der Waals surface area (Å²) in [5.74, 6) is -2.53. The molecule has 0 spiro atoms. The van der Waals surface area contributed by atoms with E-state index in [0.717, 1.165) is 154 Å². The van der Waals surface area contributed by atoms with Crippen LogP contribution in [0.1, 0.15) is 233 Å². The van der Waals surface area contributed by atoms with Crippen molar-refractivity contribution in [2.75, 3.05) is 39.6 Å². The molecule has 0 aromatic heterocycles. The number of esters is 4. The minimum Gasteiger partial charge on any atom is -0.462 e. The summed E-state index contributed by atoms with van der Waals surface area (Å²) in [7, 11) is -10.0. The number of unbranched alkanes of at least 4 members (excludes halogenated alkanes) is 11. The second kappa shape index (κ2) is 69.6. The minimum absolute atomic E-state index is 0.0631. The Morgan fingerprint density at radius 2 is 0.582 bits per heavy atom. The van der Waals surface area contributed by atoms with Crippen molar-refractivity contribution in [3.63, 3.8) is 0 Å². The average Bonchev–Trinajstić information content (AvgIpc) is 1.04. The maximum Gasteiger partial charge on any atom is 0.472 e. The SMILES string of the molecule is CC/C=C\C/C=C\C/C=C\C/C=C\C/C=C\CC(=O)OCC(COP(=O)(O)OCC(O)COP(=O)(O)OCC(COC(=O)CCCCCCC/C=C\C/C=C\C/C=C\CC)OC(=O)CCCCCCC/C=C\C/C=C\CCC)OC(=O)C/C=C\C/C=C\C/C=C\C/C=C\C/C=C\CC. The van der Waals surface area contributed by atoms with Crippen molar-refractivity contribution >= 4 is 39.5 Å². The highest BCUT2D eigenvalue weighted by Crippen LogP contribution is 2.45. The van der Waals surface area contributed by atoms with E-state index in [1.807, 2.05) is 24.3 Å². The molecule has 0 amide bonds. The molecule has 0 saturated heterocycles. The Morgan fingerprint density at radius 1 is 0.306 bits per heavy atom. The molecule has 552 valence electrons. The number of carbonyl (C=O) groups is 4. The molecule has 0 radical (unpaired) electrons. The average molecular weight is 1410 g/mol. The van der Waals surface area contributed by atoms with Gasteiger partial charge >= 0.3 is 39.5 Å². The largest absolute Gasteiger partial charge is 0.472 e. The monoisotopic (exact) mass is 1410 g/mol. The predicted octanol–water partition coefficient (Wildman–Crippen LogP) is 20.4. The van der Waals surface area contributed by atoms with Gasteiger partial charge < -0.3 is 33.8 Å². The highest BCUT2D eigenvalue weighted by molar-refractivity contribution is 7.47. The van der Waals surface area contributed by atoms with E-state index in [1.165, 1.54) is 0 Å². The highest BCUT2D eigenvalue weighted by Gasteiger charge is 2.30. The fraction of sp³-hybridized carbons (Fsp3) is 0.570. The molecule has 98 heavy (non-hydrogen) atoms. The van der Waals surface area contributed by atoms with Crippen LogP contribution in [0.25, 0.3) is 0 Å². The molecule has 19 heteroatoms. The maximum atomic E-state index is 13.0. The standard InChI is InChI=1S/C79H124O17P2/c1-5-9-13-17-21-25-29-33-36-40-43-47-51-55-59-63-76(81)89-69-74(95-78(83)65-61-57-53-49-45-39-32-28-24-20-16-12-8-4)71-93-97(85,86)91-67-73(80)68-92-98(87,88)94-72-75(96-79(84)66-62-58-54-50-46-42-38-35-31-27-23-19-15-11-7-3)70-90-77(82)64-60-56-52-48-44-41-37-34-30-26-22-18-14-10-6-2/h9-11,13-16,20-23,25-28,32-38,44,46,48,50,56,58,60,62,73-75,80H,5-8,12,17-19,24,29-31,39-43,45,47,49,51-55,57,59,61,63-72H2,1-4H3,(H,85,86)(H,87,88)/b13-9-,14-10-,15-11-,20-16-,25-21-,26-22-,27-23-,32-28-,36-33-,37-34-,38-35-,48-44-,50-46-,60-56-,62-58-. The highest BCUT2D eigenvalue weighted by atomic mass is 31.2. The van der Waals surface area contributed by atoms with Gasteiger partial charge in [-0.1, -0.05) is 255 Å². The third-order valence-corrected chi connectivity index (χ3v) is 15.8. The summed E-state index contributed by atoms with van der Waals surface area (Å²) in [5, 5.41) is 10.6. The van der Waals surface area contributed by atoms with Crippen molar-refractivity contribution in [2.24, 2.45) is 0 Å². The van der Waals surface area contributed by atoms with Crippen LogP contribution in [-0.2, 0) is 65.4 Å². The summed E-state index contributed by atoms with van der Waals surface area (Å²) in [6.45, 7) is 4.14. The van der Waals surface area contributed by atoms with Crippen LogP contribution < -0.4 is 0 Å². The number of phosphoric ester groups is 2. The van der Waals surface area contributed by atoms with Crippen molar-refractivity contribution in [3.8, 4) is 0 Å². The number of allylic oxidation sites excluding steroid dienone is 28. The number of aliphatic hydroxyl groups is 1. The molecule has 0 aromatic carbocycles. The van der Waals surface area contributed by atoms with Gasteiger partial charge in [-0.2, -0.15) is 0 Å². The van der Waals surface area contributed by atoms with Crippen LogP contribution in [0.2, 0.25) is 0 Å². The second-order valence-electron chi connectivity index (χ2n) is 23.1. The van der Waals surface area contributed by atoms with Crippen LogP contribution in [0.4, 0.5) is 0 Å². The van der Waals surface area contributed by atoms with Crippen molar-refractivity contribution in [1.29, 1.82) is 0 Å². The molecule has 0 saturated carbocycles. The Hall–Kier alpha value is -5.84. The first kappa shape index (κ1) is 92.2. The number of hydrogen-bond donors (Lipinski definition) is 3. The summed E-state index contributed by atoms with van der Waals surface area (Å²) in [6.07, 6.45) is 82.5. The lowest BCUT2D eigenvalue weighted by atomic mass is 10.1. The van der Waals surface area contributed by atoms with Crippen LogP contribution in [0.15, 0.2) is 182 Å². The molecule has 0 aliphatic heterocycles. The first-order valence-electron chi connectivity index (χ1n) is 36.0. The summed E-state index contributed by atoms with van der Waals surface area (Å²) >= 11 is 0. The Bertz CT molecular complexity index is 2580. The van der Waals surface area contributed by atoms with E-state index in [0.29, 0.717) is 25.7 Å². The smallest absolute Gasteiger partial charge is 0.462 e. The fourth-order valence-corrected chi connectivity index (χ4v) is 10.1. The van der Waals surface area contributed by atoms with Gasteiger partial charge in [0.05, 0.1) is 39.3 Å². The molecular formula is C79H124O17P2. The molecule has 3 N–H and O–H groups in total. The Kier molecular flexibility index (Phi) is 65.5. The number of hydrogen-bond acceptors (Lipinski definition) is 15. The number of ether oxygens (including phenoxy) is 4. The lowest BCUT2D eigenvalue weighted by Crippen LogP contribution is -2.30. The van der Waals surface area contributed by atoms with E-state index < -0.39 is 97.5 Å². The second-order valence-corrected chi connectivity index (χ2v) is 26.0. The molecule has 0 aliphatic rings.